The number of hydrogen-bond acceptors (Lipinski definition) is 7. The highest BCUT2D eigenvalue weighted by Gasteiger charge is 2.18. The number of phenols is 1. The van der Waals surface area contributed by atoms with E-state index in [0.717, 1.165) is 11.8 Å². The van der Waals surface area contributed by atoms with E-state index in [9.17, 15) is 18.6 Å². The van der Waals surface area contributed by atoms with Crippen molar-refractivity contribution in [1.29, 1.82) is 0 Å². The highest BCUT2D eigenvalue weighted by molar-refractivity contribution is 7.92. The molecule has 0 aliphatic heterocycles. The highest BCUT2D eigenvalue weighted by atomic mass is 32.2. The van der Waals surface area contributed by atoms with E-state index in [1.165, 1.54) is 23.3 Å². The number of methoxy groups -OCH3 is 2. The first-order valence-electron chi connectivity index (χ1n) is 11.6. The number of hydrogen-bond donors (Lipinski definition) is 4. The number of aryl methyl sites for hydroxylation is 1. The zero-order chi connectivity index (χ0) is 26.3. The summed E-state index contributed by atoms with van der Waals surface area (Å²) in [5.41, 5.74) is 4.13. The van der Waals surface area contributed by atoms with Crippen LogP contribution in [-0.4, -0.2) is 51.8 Å². The van der Waals surface area contributed by atoms with Crippen LogP contribution in [0, 0.1) is 6.92 Å². The van der Waals surface area contributed by atoms with Gasteiger partial charge in [0.25, 0.3) is 0 Å². The molecule has 3 aromatic rings. The predicted octanol–water partition coefficient (Wildman–Crippen LogP) is 3.57. The van der Waals surface area contributed by atoms with Gasteiger partial charge < -0.3 is 25.0 Å². The number of anilines is 1. The Hall–Kier alpha value is -3.27. The molecule has 0 saturated heterocycles. The molecule has 0 saturated carbocycles. The number of sulfonamides is 1. The number of aliphatic hydroxyl groups excluding tert-OH is 1. The summed E-state index contributed by atoms with van der Waals surface area (Å²) in [7, 11) is -0.354. The zero-order valence-electron chi connectivity index (χ0n) is 21.0. The first kappa shape index (κ1) is 27.3. The van der Waals surface area contributed by atoms with Gasteiger partial charge in [0.15, 0.2) is 11.5 Å². The van der Waals surface area contributed by atoms with E-state index in [1.807, 2.05) is 30.3 Å². The van der Waals surface area contributed by atoms with E-state index < -0.39 is 16.1 Å². The summed E-state index contributed by atoms with van der Waals surface area (Å²) in [4.78, 5) is 0. The van der Waals surface area contributed by atoms with Gasteiger partial charge in [-0.25, -0.2) is 8.42 Å². The van der Waals surface area contributed by atoms with Crippen molar-refractivity contribution in [3.05, 3.63) is 82.9 Å². The van der Waals surface area contributed by atoms with E-state index in [1.54, 1.807) is 20.3 Å². The van der Waals surface area contributed by atoms with E-state index >= 15 is 0 Å². The van der Waals surface area contributed by atoms with Gasteiger partial charge in [0, 0.05) is 12.6 Å². The van der Waals surface area contributed by atoms with Gasteiger partial charge in [-0.05, 0) is 66.3 Å². The molecule has 0 spiro atoms. The summed E-state index contributed by atoms with van der Waals surface area (Å²) in [6.07, 6.45) is 1.24. The minimum atomic E-state index is -3.55. The van der Waals surface area contributed by atoms with E-state index in [2.05, 4.69) is 29.1 Å². The number of ether oxygens (including phenoxy) is 2. The maximum Gasteiger partial charge on any atom is 0.229 e. The first-order chi connectivity index (χ1) is 17.1. The van der Waals surface area contributed by atoms with Crippen molar-refractivity contribution in [2.45, 2.75) is 31.9 Å². The normalized spacial score (nSPS) is 13.1. The molecular weight excluding hydrogens is 480 g/mol. The number of aromatic hydroxyl groups is 1. The van der Waals surface area contributed by atoms with Crippen LogP contribution in [0.4, 0.5) is 5.69 Å². The predicted molar refractivity (Wildman–Crippen MR) is 141 cm³/mol. The van der Waals surface area contributed by atoms with Crippen molar-refractivity contribution in [3.63, 3.8) is 0 Å². The minimum Gasteiger partial charge on any atom is -0.506 e. The number of aliphatic hydroxyl groups is 1. The molecule has 0 aromatic heterocycles. The average molecular weight is 515 g/mol. The summed E-state index contributed by atoms with van der Waals surface area (Å²) in [6, 6.07) is 18.4. The van der Waals surface area contributed by atoms with Gasteiger partial charge in [-0.3, -0.25) is 4.72 Å². The van der Waals surface area contributed by atoms with Crippen molar-refractivity contribution in [3.8, 4) is 17.2 Å². The fourth-order valence-corrected chi connectivity index (χ4v) is 4.61. The second-order valence-corrected chi connectivity index (χ2v) is 10.5. The Balaban J connectivity index is 1.77. The largest absolute Gasteiger partial charge is 0.506 e. The van der Waals surface area contributed by atoms with Crippen molar-refractivity contribution in [2.24, 2.45) is 0 Å². The third-order valence-corrected chi connectivity index (χ3v) is 6.51. The first-order valence-corrected chi connectivity index (χ1v) is 13.5. The maximum atomic E-state index is 11.6. The molecular formula is C27H34N2O6S. The lowest BCUT2D eigenvalue weighted by Gasteiger charge is -2.23. The molecule has 0 amide bonds. The molecule has 0 bridgehead atoms. The molecule has 3 aromatic carbocycles. The Morgan fingerprint density at radius 3 is 2.33 bits per heavy atom. The summed E-state index contributed by atoms with van der Waals surface area (Å²) < 4.78 is 36.3. The van der Waals surface area contributed by atoms with Crippen LogP contribution < -0.4 is 19.5 Å². The quantitative estimate of drug-likeness (QED) is 0.273. The Kier molecular flexibility index (Phi) is 9.19. The van der Waals surface area contributed by atoms with Gasteiger partial charge in [-0.1, -0.05) is 36.4 Å². The Labute approximate surface area is 213 Å². The number of nitrogens with one attached hydrogen (secondary N) is 2. The van der Waals surface area contributed by atoms with Gasteiger partial charge in [0.2, 0.25) is 10.0 Å². The summed E-state index contributed by atoms with van der Waals surface area (Å²) in [5.74, 6) is 1.09. The molecule has 4 N–H and O–H groups in total. The molecule has 8 nitrogen and oxygen atoms in total. The Bertz CT molecular complexity index is 1280. The number of benzene rings is 3. The van der Waals surface area contributed by atoms with Crippen LogP contribution in [0.3, 0.4) is 0 Å². The lowest BCUT2D eigenvalue weighted by atomic mass is 9.95. The van der Waals surface area contributed by atoms with Crippen LogP contribution in [0.5, 0.6) is 17.2 Å². The molecule has 1 unspecified atom stereocenters. The number of rotatable bonds is 12. The Morgan fingerprint density at radius 2 is 1.67 bits per heavy atom. The fraction of sp³-hybridized carbons (Fsp3) is 0.333. The van der Waals surface area contributed by atoms with Crippen LogP contribution in [-0.2, 0) is 22.9 Å². The standard InChI is InChI=1S/C27H34N2O6S/c1-18-7-5-6-8-20(18)15-23(21-10-12-26(34-2)27(16-21)35-3)28-17-22(30)13-19-9-11-25(31)24(14-19)29-36(4,32)33/h5-12,14,16,22-23,28-31H,13,15,17H2,1-4H3/t22?,23-/m1/s1. The lowest BCUT2D eigenvalue weighted by Crippen LogP contribution is -2.33. The summed E-state index contributed by atoms with van der Waals surface area (Å²) in [6.45, 7) is 2.36. The smallest absolute Gasteiger partial charge is 0.229 e. The maximum absolute atomic E-state index is 11.6. The molecule has 0 radical (unpaired) electrons. The van der Waals surface area contributed by atoms with E-state index in [4.69, 9.17) is 9.47 Å². The molecule has 9 heteroatoms. The fourth-order valence-electron chi connectivity index (χ4n) is 4.05. The van der Waals surface area contributed by atoms with Gasteiger partial charge >= 0.3 is 0 Å². The van der Waals surface area contributed by atoms with E-state index in [0.29, 0.717) is 30.0 Å². The van der Waals surface area contributed by atoms with Crippen molar-refractivity contribution in [2.75, 3.05) is 31.7 Å². The monoisotopic (exact) mass is 514 g/mol. The molecule has 194 valence electrons. The minimum absolute atomic E-state index is 0.0814. The van der Waals surface area contributed by atoms with Crippen LogP contribution in [0.2, 0.25) is 0 Å². The third kappa shape index (κ3) is 7.61. The van der Waals surface area contributed by atoms with Gasteiger partial charge in [-0.15, -0.1) is 0 Å². The molecule has 2 atom stereocenters. The second kappa shape index (κ2) is 12.1. The molecule has 36 heavy (non-hydrogen) atoms. The topological polar surface area (TPSA) is 117 Å². The van der Waals surface area contributed by atoms with Crippen LogP contribution in [0.15, 0.2) is 60.7 Å². The average Bonchev–Trinajstić information content (AvgIpc) is 2.83. The molecule has 3 rings (SSSR count). The van der Waals surface area contributed by atoms with Crippen molar-refractivity contribution < 1.29 is 28.1 Å². The summed E-state index contributed by atoms with van der Waals surface area (Å²) >= 11 is 0. The van der Waals surface area contributed by atoms with Gasteiger partial charge in [-0.2, -0.15) is 0 Å². The molecule has 0 fully saturated rings. The van der Waals surface area contributed by atoms with Gasteiger partial charge in [0.05, 0.1) is 32.3 Å². The SMILES string of the molecule is COc1ccc([C@@H](Cc2ccccc2C)NCC(O)Cc2ccc(O)c(NS(C)(=O)=O)c2)cc1OC. The molecule has 0 heterocycles. The van der Waals surface area contributed by atoms with Crippen LogP contribution >= 0.6 is 0 Å². The molecule has 0 aliphatic carbocycles. The van der Waals surface area contributed by atoms with Crippen molar-refractivity contribution >= 4 is 15.7 Å². The summed E-state index contributed by atoms with van der Waals surface area (Å²) in [5, 5.41) is 24.2. The lowest BCUT2D eigenvalue weighted by molar-refractivity contribution is 0.167. The van der Waals surface area contributed by atoms with E-state index in [-0.39, 0.29) is 23.9 Å². The number of phenolic OH excluding ortho intramolecular Hbond substituents is 1. The zero-order valence-corrected chi connectivity index (χ0v) is 21.8. The third-order valence-electron chi connectivity index (χ3n) is 5.92. The van der Waals surface area contributed by atoms with Crippen molar-refractivity contribution in [1.82, 2.24) is 5.32 Å². The van der Waals surface area contributed by atoms with Crippen LogP contribution in [0.1, 0.15) is 28.3 Å². The second-order valence-electron chi connectivity index (χ2n) is 8.79. The van der Waals surface area contributed by atoms with Gasteiger partial charge in [0.1, 0.15) is 5.75 Å². The Morgan fingerprint density at radius 1 is 0.944 bits per heavy atom. The highest BCUT2D eigenvalue weighted by Crippen LogP contribution is 2.31. The molecule has 0 aliphatic rings. The van der Waals surface area contributed by atoms with Crippen LogP contribution in [0.25, 0.3) is 0 Å².